The van der Waals surface area contributed by atoms with Gasteiger partial charge in [-0.1, -0.05) is 32.0 Å². The van der Waals surface area contributed by atoms with Crippen molar-refractivity contribution in [3.05, 3.63) is 71.1 Å². The number of rotatable bonds is 3. The molecule has 0 spiro atoms. The van der Waals surface area contributed by atoms with Crippen molar-refractivity contribution in [1.29, 1.82) is 0 Å². The van der Waals surface area contributed by atoms with Crippen molar-refractivity contribution in [2.24, 2.45) is 5.41 Å². The van der Waals surface area contributed by atoms with Gasteiger partial charge < -0.3 is 15.2 Å². The Morgan fingerprint density at radius 2 is 2.00 bits per heavy atom. The van der Waals surface area contributed by atoms with Crippen molar-refractivity contribution in [2.45, 2.75) is 39.5 Å². The lowest BCUT2D eigenvalue weighted by Crippen LogP contribution is -2.34. The minimum absolute atomic E-state index is 0.0866. The highest BCUT2D eigenvalue weighted by atomic mass is 16.5. The van der Waals surface area contributed by atoms with E-state index in [1.807, 2.05) is 43.3 Å². The number of ether oxygens (including phenoxy) is 1. The van der Waals surface area contributed by atoms with E-state index in [4.69, 9.17) is 4.74 Å². The number of ketones is 1. The van der Waals surface area contributed by atoms with Crippen LogP contribution in [0.4, 0.5) is 5.69 Å². The fourth-order valence-electron chi connectivity index (χ4n) is 5.07. The summed E-state index contributed by atoms with van der Waals surface area (Å²) in [5.41, 5.74) is 5.29. The molecule has 2 N–H and O–H groups in total. The summed E-state index contributed by atoms with van der Waals surface area (Å²) >= 11 is 0. The van der Waals surface area contributed by atoms with Crippen LogP contribution in [0.25, 0.3) is 10.9 Å². The van der Waals surface area contributed by atoms with Gasteiger partial charge in [0.15, 0.2) is 17.3 Å². The van der Waals surface area contributed by atoms with Crippen LogP contribution in [0.3, 0.4) is 0 Å². The standard InChI is InChI=1S/C26H26N2O3/c1-4-31-25-16(7-5-9-20(25)29)23-22-15-8-6-12-27-17(15)10-11-18(22)28-19-13-26(2,3)14-21(30)24(19)23/h5-12,23,28-29H,4,13-14H2,1-3H3. The highest BCUT2D eigenvalue weighted by Crippen LogP contribution is 2.53. The highest BCUT2D eigenvalue weighted by molar-refractivity contribution is 6.04. The van der Waals surface area contributed by atoms with Gasteiger partial charge in [0.25, 0.3) is 0 Å². The van der Waals surface area contributed by atoms with Gasteiger partial charge in [-0.05, 0) is 48.6 Å². The van der Waals surface area contributed by atoms with E-state index < -0.39 is 0 Å². The predicted octanol–water partition coefficient (Wildman–Crippen LogP) is 5.54. The quantitative estimate of drug-likeness (QED) is 0.589. The number of nitrogens with zero attached hydrogens (tertiary/aromatic N) is 1. The number of hydrogen-bond acceptors (Lipinski definition) is 5. The number of pyridine rings is 1. The molecular formula is C26H26N2O3. The Hall–Kier alpha value is -3.34. The number of Topliss-reactive ketones (excluding diaryl/α,β-unsaturated/α-hetero) is 1. The number of benzene rings is 2. The summed E-state index contributed by atoms with van der Waals surface area (Å²) in [4.78, 5) is 18.0. The summed E-state index contributed by atoms with van der Waals surface area (Å²) in [6.07, 6.45) is 3.06. The third kappa shape index (κ3) is 3.16. The maximum Gasteiger partial charge on any atom is 0.165 e. The first-order chi connectivity index (χ1) is 14.9. The Morgan fingerprint density at radius 3 is 2.81 bits per heavy atom. The molecule has 0 radical (unpaired) electrons. The number of aromatic hydroxyl groups is 1. The maximum absolute atomic E-state index is 13.5. The zero-order chi connectivity index (χ0) is 21.8. The first-order valence-corrected chi connectivity index (χ1v) is 10.7. The molecule has 5 heteroatoms. The summed E-state index contributed by atoms with van der Waals surface area (Å²) < 4.78 is 5.88. The van der Waals surface area contributed by atoms with Gasteiger partial charge in [-0.3, -0.25) is 9.78 Å². The van der Waals surface area contributed by atoms with Crippen LogP contribution in [0, 0.1) is 5.41 Å². The first kappa shape index (κ1) is 19.6. The lowest BCUT2D eigenvalue weighted by atomic mass is 9.68. The molecule has 5 nitrogen and oxygen atoms in total. The molecule has 1 aliphatic heterocycles. The van der Waals surface area contributed by atoms with Gasteiger partial charge in [0, 0.05) is 46.4 Å². The average molecular weight is 415 g/mol. The van der Waals surface area contributed by atoms with Gasteiger partial charge in [0.05, 0.1) is 12.1 Å². The molecule has 0 saturated carbocycles. The number of anilines is 1. The molecule has 2 heterocycles. The van der Waals surface area contributed by atoms with E-state index >= 15 is 0 Å². The number of allylic oxidation sites excluding steroid dienone is 2. The van der Waals surface area contributed by atoms with Crippen LogP contribution in [-0.2, 0) is 4.79 Å². The topological polar surface area (TPSA) is 71.5 Å². The molecule has 1 atom stereocenters. The largest absolute Gasteiger partial charge is 0.504 e. The SMILES string of the molecule is CCOc1c(O)cccc1C1C2=C(CC(C)(C)CC2=O)Nc2ccc3ncccc3c21. The van der Waals surface area contributed by atoms with Crippen LogP contribution < -0.4 is 10.1 Å². The summed E-state index contributed by atoms with van der Waals surface area (Å²) in [6.45, 7) is 6.58. The maximum atomic E-state index is 13.5. The molecule has 1 aromatic heterocycles. The van der Waals surface area contributed by atoms with E-state index in [0.29, 0.717) is 18.8 Å². The molecule has 158 valence electrons. The predicted molar refractivity (Wildman–Crippen MR) is 122 cm³/mol. The summed E-state index contributed by atoms with van der Waals surface area (Å²) in [5, 5.41) is 15.2. The van der Waals surface area contributed by atoms with E-state index in [0.717, 1.165) is 45.4 Å². The first-order valence-electron chi connectivity index (χ1n) is 10.7. The summed E-state index contributed by atoms with van der Waals surface area (Å²) in [5.74, 6) is 0.328. The van der Waals surface area contributed by atoms with E-state index in [-0.39, 0.29) is 22.9 Å². The van der Waals surface area contributed by atoms with Crippen LogP contribution in [-0.4, -0.2) is 22.5 Å². The fraction of sp³-hybridized carbons (Fsp3) is 0.308. The van der Waals surface area contributed by atoms with Crippen LogP contribution in [0.2, 0.25) is 0 Å². The molecule has 1 aliphatic carbocycles. The second kappa shape index (κ2) is 7.12. The van der Waals surface area contributed by atoms with Gasteiger partial charge in [-0.2, -0.15) is 0 Å². The number of para-hydroxylation sites is 1. The number of carbonyl (C=O) groups excluding carboxylic acids is 1. The van der Waals surface area contributed by atoms with E-state index in [1.165, 1.54) is 0 Å². The number of hydrogen-bond donors (Lipinski definition) is 2. The minimum Gasteiger partial charge on any atom is -0.504 e. The number of phenols is 1. The minimum atomic E-state index is -0.337. The molecule has 0 fully saturated rings. The summed E-state index contributed by atoms with van der Waals surface area (Å²) in [7, 11) is 0. The second-order valence-corrected chi connectivity index (χ2v) is 9.12. The van der Waals surface area contributed by atoms with Gasteiger partial charge in [-0.15, -0.1) is 0 Å². The molecule has 0 saturated heterocycles. The Labute approximate surface area is 181 Å². The summed E-state index contributed by atoms with van der Waals surface area (Å²) in [6, 6.07) is 13.4. The van der Waals surface area contributed by atoms with Crippen LogP contribution in [0.1, 0.15) is 50.7 Å². The van der Waals surface area contributed by atoms with Crippen molar-refractivity contribution in [3.8, 4) is 11.5 Å². The molecule has 5 rings (SSSR count). The lowest BCUT2D eigenvalue weighted by molar-refractivity contribution is -0.118. The fourth-order valence-corrected chi connectivity index (χ4v) is 5.07. The molecule has 0 amide bonds. The monoisotopic (exact) mass is 414 g/mol. The second-order valence-electron chi connectivity index (χ2n) is 9.12. The smallest absolute Gasteiger partial charge is 0.165 e. The molecule has 2 aromatic carbocycles. The van der Waals surface area contributed by atoms with Crippen LogP contribution in [0.5, 0.6) is 11.5 Å². The zero-order valence-electron chi connectivity index (χ0n) is 18.0. The normalized spacial score (nSPS) is 19.6. The van der Waals surface area contributed by atoms with Crippen molar-refractivity contribution >= 4 is 22.4 Å². The van der Waals surface area contributed by atoms with Crippen molar-refractivity contribution in [1.82, 2.24) is 4.98 Å². The average Bonchev–Trinajstić information content (AvgIpc) is 2.73. The number of phenolic OH excluding ortho intramolecular Hbond substituents is 1. The van der Waals surface area contributed by atoms with Gasteiger partial charge in [0.1, 0.15) is 0 Å². The van der Waals surface area contributed by atoms with Crippen molar-refractivity contribution in [2.75, 3.05) is 11.9 Å². The third-order valence-electron chi connectivity index (χ3n) is 6.23. The molecule has 2 aliphatic rings. The van der Waals surface area contributed by atoms with Crippen molar-refractivity contribution < 1.29 is 14.6 Å². The van der Waals surface area contributed by atoms with E-state index in [1.54, 1.807) is 12.3 Å². The van der Waals surface area contributed by atoms with Gasteiger partial charge in [0.2, 0.25) is 0 Å². The Bertz CT molecular complexity index is 1240. The van der Waals surface area contributed by atoms with Gasteiger partial charge in [-0.25, -0.2) is 0 Å². The Balaban J connectivity index is 1.85. The van der Waals surface area contributed by atoms with Crippen molar-refractivity contribution in [3.63, 3.8) is 0 Å². The Morgan fingerprint density at radius 1 is 1.16 bits per heavy atom. The third-order valence-corrected chi connectivity index (χ3v) is 6.23. The van der Waals surface area contributed by atoms with E-state index in [9.17, 15) is 9.90 Å². The highest BCUT2D eigenvalue weighted by Gasteiger charge is 2.42. The molecule has 0 bridgehead atoms. The Kier molecular flexibility index (Phi) is 4.50. The molecule has 31 heavy (non-hydrogen) atoms. The molecular weight excluding hydrogens is 388 g/mol. The van der Waals surface area contributed by atoms with E-state index in [2.05, 4.69) is 24.1 Å². The number of aromatic nitrogens is 1. The molecule has 3 aromatic rings. The number of carbonyl (C=O) groups is 1. The molecule has 1 unspecified atom stereocenters. The number of nitrogens with one attached hydrogen (secondary N) is 1. The van der Waals surface area contributed by atoms with Crippen LogP contribution in [0.15, 0.2) is 59.9 Å². The lowest BCUT2D eigenvalue weighted by Gasteiger charge is -2.40. The zero-order valence-corrected chi connectivity index (χ0v) is 18.0. The van der Waals surface area contributed by atoms with Crippen LogP contribution >= 0.6 is 0 Å². The number of fused-ring (bicyclic) bond motifs is 3. The van der Waals surface area contributed by atoms with Gasteiger partial charge >= 0.3 is 0 Å².